The van der Waals surface area contributed by atoms with E-state index < -0.39 is 11.7 Å². The lowest BCUT2D eigenvalue weighted by molar-refractivity contribution is -0.139. The summed E-state index contributed by atoms with van der Waals surface area (Å²) in [5.41, 5.74) is 0.463. The van der Waals surface area contributed by atoms with Gasteiger partial charge in [-0.2, -0.15) is 18.4 Å². The van der Waals surface area contributed by atoms with Crippen LogP contribution in [0.1, 0.15) is 32.0 Å². The number of aromatic nitrogens is 3. The third-order valence-electron chi connectivity index (χ3n) is 5.21. The minimum atomic E-state index is -4.67. The number of pyridine rings is 1. The second-order valence-corrected chi connectivity index (χ2v) is 7.82. The van der Waals surface area contributed by atoms with E-state index in [0.717, 1.165) is 6.07 Å². The monoisotopic (exact) mass is 459 g/mol. The van der Waals surface area contributed by atoms with Crippen LogP contribution in [-0.4, -0.2) is 45.0 Å². The normalized spacial score (nSPS) is 11.6. The maximum absolute atomic E-state index is 13.8. The molecule has 7 nitrogen and oxygen atoms in total. The average Bonchev–Trinajstić information content (AvgIpc) is 3.15. The number of hydrogen-bond acceptors (Lipinski definition) is 5. The summed E-state index contributed by atoms with van der Waals surface area (Å²) in [6.07, 6.45) is -3.16. The van der Waals surface area contributed by atoms with Gasteiger partial charge in [0.25, 0.3) is 0 Å². The molecule has 1 amide bonds. The molecule has 0 spiro atoms. The molecule has 2 aromatic heterocycles. The molecule has 0 radical (unpaired) electrons. The van der Waals surface area contributed by atoms with Gasteiger partial charge in [-0.3, -0.25) is 4.79 Å². The van der Waals surface area contributed by atoms with Gasteiger partial charge in [0.05, 0.1) is 29.6 Å². The largest absolute Gasteiger partial charge is 0.491 e. The summed E-state index contributed by atoms with van der Waals surface area (Å²) >= 11 is 0. The van der Waals surface area contributed by atoms with Gasteiger partial charge in [0.2, 0.25) is 5.91 Å². The number of amides is 1. The molecule has 1 aromatic carbocycles. The number of benzene rings is 1. The van der Waals surface area contributed by atoms with E-state index in [4.69, 9.17) is 4.74 Å². The van der Waals surface area contributed by atoms with Crippen LogP contribution in [0.2, 0.25) is 0 Å². The molecule has 0 aliphatic rings. The van der Waals surface area contributed by atoms with E-state index in [0.29, 0.717) is 17.6 Å². The minimum Gasteiger partial charge on any atom is -0.491 e. The first kappa shape index (κ1) is 24.0. The fraction of sp³-hybridized carbons (Fsp3) is 0.391. The predicted molar refractivity (Wildman–Crippen MR) is 116 cm³/mol. The van der Waals surface area contributed by atoms with Gasteiger partial charge in [-0.1, -0.05) is 13.8 Å². The van der Waals surface area contributed by atoms with E-state index in [1.807, 2.05) is 6.07 Å². The Morgan fingerprint density at radius 2 is 2.03 bits per heavy atom. The number of alkyl halides is 3. The van der Waals surface area contributed by atoms with E-state index >= 15 is 0 Å². The topological polar surface area (TPSA) is 84.0 Å². The Morgan fingerprint density at radius 1 is 1.30 bits per heavy atom. The summed E-state index contributed by atoms with van der Waals surface area (Å²) < 4.78 is 48.5. The Hall–Kier alpha value is -3.61. The zero-order valence-corrected chi connectivity index (χ0v) is 18.8. The number of fused-ring (bicyclic) bond motifs is 1. The molecule has 0 bridgehead atoms. The van der Waals surface area contributed by atoms with Crippen molar-refractivity contribution in [1.82, 2.24) is 19.4 Å². The second kappa shape index (κ2) is 9.48. The van der Waals surface area contributed by atoms with E-state index in [9.17, 15) is 23.2 Å². The maximum Gasteiger partial charge on any atom is 0.419 e. The zero-order valence-electron chi connectivity index (χ0n) is 18.8. The molecule has 33 heavy (non-hydrogen) atoms. The number of aryl methyl sites for hydroxylation is 1. The van der Waals surface area contributed by atoms with Gasteiger partial charge < -0.3 is 14.2 Å². The van der Waals surface area contributed by atoms with Crippen LogP contribution in [0.5, 0.6) is 5.75 Å². The van der Waals surface area contributed by atoms with Crippen molar-refractivity contribution in [3.05, 3.63) is 41.9 Å². The molecule has 0 atom stereocenters. The number of likely N-dealkylation sites (N-methyl/N-ethyl adjacent to an activating group) is 1. The van der Waals surface area contributed by atoms with Crippen LogP contribution >= 0.6 is 0 Å². The van der Waals surface area contributed by atoms with Crippen molar-refractivity contribution in [2.24, 2.45) is 13.0 Å². The van der Waals surface area contributed by atoms with Crippen LogP contribution in [0.4, 0.5) is 13.2 Å². The van der Waals surface area contributed by atoms with Crippen molar-refractivity contribution in [3.63, 3.8) is 0 Å². The van der Waals surface area contributed by atoms with Gasteiger partial charge in [-0.25, -0.2) is 9.97 Å². The molecule has 0 saturated heterocycles. The summed E-state index contributed by atoms with van der Waals surface area (Å²) in [6.45, 7) is 5.87. The molecule has 0 N–H and O–H groups in total. The number of nitrogens with zero attached hydrogens (tertiary/aromatic N) is 5. The third kappa shape index (κ3) is 5.08. The molecule has 2 heterocycles. The van der Waals surface area contributed by atoms with Crippen LogP contribution in [0.25, 0.3) is 22.3 Å². The van der Waals surface area contributed by atoms with Crippen molar-refractivity contribution in [2.75, 3.05) is 19.7 Å². The van der Waals surface area contributed by atoms with Crippen LogP contribution in [-0.2, 0) is 18.0 Å². The molecule has 10 heteroatoms. The van der Waals surface area contributed by atoms with Crippen molar-refractivity contribution < 1.29 is 22.7 Å². The van der Waals surface area contributed by atoms with E-state index in [-0.39, 0.29) is 47.7 Å². The summed E-state index contributed by atoms with van der Waals surface area (Å²) in [5.74, 6) is -0.628. The molecular formula is C23H24F3N5O2. The van der Waals surface area contributed by atoms with Crippen LogP contribution in [0.3, 0.4) is 0 Å². The fourth-order valence-corrected chi connectivity index (χ4v) is 3.45. The van der Waals surface area contributed by atoms with Crippen molar-refractivity contribution in [3.8, 4) is 23.1 Å². The molecule has 0 aliphatic heterocycles. The second-order valence-electron chi connectivity index (χ2n) is 7.82. The lowest BCUT2D eigenvalue weighted by atomic mass is 10.1. The molecular weight excluding hydrogens is 435 g/mol. The highest BCUT2D eigenvalue weighted by Gasteiger charge is 2.35. The van der Waals surface area contributed by atoms with Gasteiger partial charge in [0.1, 0.15) is 23.9 Å². The van der Waals surface area contributed by atoms with Crippen LogP contribution in [0, 0.1) is 17.2 Å². The molecule has 0 saturated carbocycles. The zero-order chi connectivity index (χ0) is 24.3. The van der Waals surface area contributed by atoms with Gasteiger partial charge in [0, 0.05) is 25.1 Å². The van der Waals surface area contributed by atoms with Crippen LogP contribution < -0.4 is 4.74 Å². The van der Waals surface area contributed by atoms with Crippen molar-refractivity contribution >= 4 is 16.9 Å². The molecule has 3 rings (SSSR count). The van der Waals surface area contributed by atoms with E-state index in [1.165, 1.54) is 18.5 Å². The average molecular weight is 459 g/mol. The van der Waals surface area contributed by atoms with Crippen LogP contribution in [0.15, 0.2) is 30.6 Å². The number of carbonyl (C=O) groups excluding carboxylic acids is 1. The Bertz CT molecular complexity index is 1210. The van der Waals surface area contributed by atoms with Crippen molar-refractivity contribution in [1.29, 1.82) is 5.26 Å². The molecule has 174 valence electrons. The van der Waals surface area contributed by atoms with Gasteiger partial charge >= 0.3 is 6.18 Å². The Kier molecular flexibility index (Phi) is 6.91. The number of halogens is 3. The smallest absolute Gasteiger partial charge is 0.419 e. The number of hydrogen-bond donors (Lipinski definition) is 0. The highest BCUT2D eigenvalue weighted by molar-refractivity contribution is 5.84. The first-order valence-electron chi connectivity index (χ1n) is 10.4. The number of carbonyl (C=O) groups is 1. The summed E-state index contributed by atoms with van der Waals surface area (Å²) in [5, 5.41) is 9.39. The van der Waals surface area contributed by atoms with Crippen molar-refractivity contribution in [2.45, 2.75) is 26.9 Å². The number of rotatable bonds is 7. The highest BCUT2D eigenvalue weighted by atomic mass is 19.4. The molecule has 0 aliphatic carbocycles. The predicted octanol–water partition coefficient (Wildman–Crippen LogP) is 4.41. The number of imidazole rings is 1. The minimum absolute atomic E-state index is 0.0338. The summed E-state index contributed by atoms with van der Waals surface area (Å²) in [7, 11) is 1.72. The summed E-state index contributed by atoms with van der Waals surface area (Å²) in [4.78, 5) is 22.0. The fourth-order valence-electron chi connectivity index (χ4n) is 3.45. The third-order valence-corrected chi connectivity index (χ3v) is 5.21. The molecule has 3 aromatic rings. The first-order valence-corrected chi connectivity index (χ1v) is 10.4. The Balaban J connectivity index is 1.92. The SMILES string of the molecule is CCN(CCOc1ccc(-c2cc3c(ncn3C)c(C#N)n2)cc1C(F)(F)F)C(=O)C(C)C. The van der Waals surface area contributed by atoms with E-state index in [2.05, 4.69) is 9.97 Å². The lowest BCUT2D eigenvalue weighted by Gasteiger charge is -2.23. The highest BCUT2D eigenvalue weighted by Crippen LogP contribution is 2.39. The molecule has 0 unspecified atom stereocenters. The first-order chi connectivity index (χ1) is 15.6. The number of nitriles is 1. The Morgan fingerprint density at radius 3 is 2.64 bits per heavy atom. The maximum atomic E-state index is 13.8. The summed E-state index contributed by atoms with van der Waals surface area (Å²) in [6, 6.07) is 7.20. The van der Waals surface area contributed by atoms with E-state index in [1.54, 1.807) is 43.4 Å². The van der Waals surface area contributed by atoms with Gasteiger partial charge in [-0.05, 0) is 31.2 Å². The van der Waals surface area contributed by atoms with Gasteiger partial charge in [0.15, 0.2) is 5.69 Å². The quantitative estimate of drug-likeness (QED) is 0.523. The lowest BCUT2D eigenvalue weighted by Crippen LogP contribution is -2.37. The standard InChI is InChI=1S/C23H24F3N5O2/c1-5-31(22(32)14(2)3)8-9-33-20-7-6-15(10-16(20)23(24,25)26)17-11-19-21(18(12-27)29-17)28-13-30(19)4/h6-7,10-11,13-14H,5,8-9H2,1-4H3. The number of ether oxygens (including phenoxy) is 1. The Labute approximate surface area is 189 Å². The van der Waals surface area contributed by atoms with Gasteiger partial charge in [-0.15, -0.1) is 0 Å². The molecule has 0 fully saturated rings.